The van der Waals surface area contributed by atoms with E-state index in [-0.39, 0.29) is 6.10 Å². The number of nitriles is 1. The Morgan fingerprint density at radius 3 is 2.90 bits per heavy atom. The van der Waals surface area contributed by atoms with Crippen molar-refractivity contribution >= 4 is 0 Å². The first-order valence-corrected chi connectivity index (χ1v) is 3.53. The third kappa shape index (κ3) is 7.41. The highest BCUT2D eigenvalue weighted by atomic mass is 16.3. The third-order valence-corrected chi connectivity index (χ3v) is 1.18. The van der Waals surface area contributed by atoms with Crippen molar-refractivity contribution in [3.05, 3.63) is 0 Å². The van der Waals surface area contributed by atoms with Gasteiger partial charge in [0, 0.05) is 0 Å². The second-order valence-electron chi connectivity index (χ2n) is 2.33. The van der Waals surface area contributed by atoms with Crippen molar-refractivity contribution in [2.75, 3.05) is 13.1 Å². The molecule has 0 fully saturated rings. The largest absolute Gasteiger partial charge is 0.393 e. The van der Waals surface area contributed by atoms with Crippen LogP contribution in [-0.2, 0) is 0 Å². The molecule has 0 aliphatic rings. The molecule has 10 heavy (non-hydrogen) atoms. The van der Waals surface area contributed by atoms with Gasteiger partial charge >= 0.3 is 0 Å². The number of hydrogen-bond donors (Lipinski definition) is 2. The summed E-state index contributed by atoms with van der Waals surface area (Å²) in [7, 11) is 0. The maximum Gasteiger partial charge on any atom is 0.0840 e. The van der Waals surface area contributed by atoms with Gasteiger partial charge in [-0.3, -0.25) is 0 Å². The van der Waals surface area contributed by atoms with Gasteiger partial charge in [0.2, 0.25) is 0 Å². The Labute approximate surface area is 61.7 Å². The summed E-state index contributed by atoms with van der Waals surface area (Å²) in [5, 5.41) is 19.8. The minimum absolute atomic E-state index is 0.219. The lowest BCUT2D eigenvalue weighted by Gasteiger charge is -2.02. The van der Waals surface area contributed by atoms with Gasteiger partial charge in [-0.05, 0) is 26.3 Å². The summed E-state index contributed by atoms with van der Waals surface area (Å²) in [6.45, 7) is 2.99. The summed E-state index contributed by atoms with van der Waals surface area (Å²) in [6.07, 6.45) is 1.52. The Balaban J connectivity index is 2.86. The zero-order valence-electron chi connectivity index (χ0n) is 6.30. The van der Waals surface area contributed by atoms with Crippen LogP contribution in [0.5, 0.6) is 0 Å². The van der Waals surface area contributed by atoms with Gasteiger partial charge in [-0.15, -0.1) is 0 Å². The highest BCUT2D eigenvalue weighted by molar-refractivity contribution is 4.72. The molecule has 0 aliphatic carbocycles. The van der Waals surface area contributed by atoms with E-state index >= 15 is 0 Å². The Morgan fingerprint density at radius 2 is 2.40 bits per heavy atom. The highest BCUT2D eigenvalue weighted by Crippen LogP contribution is 1.92. The molecule has 0 aromatic rings. The topological polar surface area (TPSA) is 56.0 Å². The Kier molecular flexibility index (Phi) is 6.14. The van der Waals surface area contributed by atoms with Crippen LogP contribution in [0, 0.1) is 11.3 Å². The SMILES string of the molecule is CC(O)CCCNCC#N. The van der Waals surface area contributed by atoms with Crippen LogP contribution < -0.4 is 5.32 Å². The van der Waals surface area contributed by atoms with Crippen molar-refractivity contribution in [1.29, 1.82) is 5.26 Å². The molecule has 1 unspecified atom stereocenters. The van der Waals surface area contributed by atoms with Gasteiger partial charge in [-0.2, -0.15) is 5.26 Å². The van der Waals surface area contributed by atoms with Crippen LogP contribution in [-0.4, -0.2) is 24.3 Å². The van der Waals surface area contributed by atoms with E-state index in [1.165, 1.54) is 0 Å². The first kappa shape index (κ1) is 9.41. The number of aliphatic hydroxyl groups excluding tert-OH is 1. The second-order valence-corrected chi connectivity index (χ2v) is 2.33. The van der Waals surface area contributed by atoms with E-state index in [4.69, 9.17) is 10.4 Å². The van der Waals surface area contributed by atoms with E-state index < -0.39 is 0 Å². The molecule has 0 aromatic carbocycles. The smallest absolute Gasteiger partial charge is 0.0840 e. The van der Waals surface area contributed by atoms with Gasteiger partial charge < -0.3 is 10.4 Å². The minimum atomic E-state index is -0.219. The van der Waals surface area contributed by atoms with Crippen LogP contribution in [0.15, 0.2) is 0 Å². The number of aliphatic hydroxyl groups is 1. The van der Waals surface area contributed by atoms with Crippen molar-refractivity contribution in [2.24, 2.45) is 0 Å². The Hall–Kier alpha value is -0.590. The molecule has 3 heteroatoms. The van der Waals surface area contributed by atoms with Crippen LogP contribution >= 0.6 is 0 Å². The van der Waals surface area contributed by atoms with Crippen molar-refractivity contribution in [3.8, 4) is 6.07 Å². The first-order chi connectivity index (χ1) is 4.77. The zero-order valence-corrected chi connectivity index (χ0v) is 6.30. The molecule has 3 nitrogen and oxygen atoms in total. The number of nitrogens with one attached hydrogen (secondary N) is 1. The Morgan fingerprint density at radius 1 is 1.70 bits per heavy atom. The van der Waals surface area contributed by atoms with Gasteiger partial charge in [-0.1, -0.05) is 0 Å². The Bertz CT molecular complexity index is 107. The predicted molar refractivity (Wildman–Crippen MR) is 39.4 cm³/mol. The lowest BCUT2D eigenvalue weighted by Crippen LogP contribution is -2.16. The van der Waals surface area contributed by atoms with E-state index in [9.17, 15) is 0 Å². The van der Waals surface area contributed by atoms with Gasteiger partial charge in [0.25, 0.3) is 0 Å². The van der Waals surface area contributed by atoms with Crippen LogP contribution in [0.1, 0.15) is 19.8 Å². The summed E-state index contributed by atoms with van der Waals surface area (Å²) in [4.78, 5) is 0. The molecule has 0 spiro atoms. The van der Waals surface area contributed by atoms with Crippen molar-refractivity contribution in [2.45, 2.75) is 25.9 Å². The predicted octanol–water partition coefficient (Wildman–Crippen LogP) is 0.261. The molecule has 0 bridgehead atoms. The molecule has 0 saturated heterocycles. The molecule has 58 valence electrons. The maximum absolute atomic E-state index is 8.82. The third-order valence-electron chi connectivity index (χ3n) is 1.18. The van der Waals surface area contributed by atoms with Gasteiger partial charge in [0.05, 0.1) is 18.7 Å². The van der Waals surface area contributed by atoms with Crippen molar-refractivity contribution in [1.82, 2.24) is 5.32 Å². The van der Waals surface area contributed by atoms with Gasteiger partial charge in [0.15, 0.2) is 0 Å². The van der Waals surface area contributed by atoms with E-state index in [1.54, 1.807) is 6.92 Å². The number of hydrogen-bond acceptors (Lipinski definition) is 3. The fourth-order valence-corrected chi connectivity index (χ4v) is 0.667. The molecule has 0 aliphatic heterocycles. The molecule has 0 rings (SSSR count). The number of rotatable bonds is 5. The van der Waals surface area contributed by atoms with Gasteiger partial charge in [-0.25, -0.2) is 0 Å². The molecule has 2 N–H and O–H groups in total. The van der Waals surface area contributed by atoms with E-state index in [2.05, 4.69) is 5.32 Å². The lowest BCUT2D eigenvalue weighted by atomic mass is 10.2. The summed E-state index contributed by atoms with van der Waals surface area (Å²) >= 11 is 0. The highest BCUT2D eigenvalue weighted by Gasteiger charge is 1.93. The molecule has 0 heterocycles. The molecule has 0 saturated carbocycles. The standard InChI is InChI=1S/C7H14N2O/c1-7(10)3-2-5-9-6-4-8/h7,9-10H,2-3,5-6H2,1H3. The molecule has 0 amide bonds. The first-order valence-electron chi connectivity index (χ1n) is 3.53. The summed E-state index contributed by atoms with van der Waals surface area (Å²) in [6, 6.07) is 1.98. The monoisotopic (exact) mass is 142 g/mol. The molecule has 1 atom stereocenters. The van der Waals surface area contributed by atoms with Crippen molar-refractivity contribution < 1.29 is 5.11 Å². The van der Waals surface area contributed by atoms with Crippen LogP contribution in [0.25, 0.3) is 0 Å². The molecular formula is C7H14N2O. The average molecular weight is 142 g/mol. The fourth-order valence-electron chi connectivity index (χ4n) is 0.667. The summed E-state index contributed by atoms with van der Waals surface area (Å²) in [5.74, 6) is 0. The molecule has 0 aromatic heterocycles. The fraction of sp³-hybridized carbons (Fsp3) is 0.857. The van der Waals surface area contributed by atoms with E-state index in [0.29, 0.717) is 6.54 Å². The molecular weight excluding hydrogens is 128 g/mol. The van der Waals surface area contributed by atoms with Crippen molar-refractivity contribution in [3.63, 3.8) is 0 Å². The number of nitrogens with zero attached hydrogens (tertiary/aromatic N) is 1. The maximum atomic E-state index is 8.82. The summed E-state index contributed by atoms with van der Waals surface area (Å²) in [5.41, 5.74) is 0. The average Bonchev–Trinajstić information content (AvgIpc) is 1.87. The zero-order chi connectivity index (χ0) is 7.82. The normalized spacial score (nSPS) is 12.5. The quantitative estimate of drug-likeness (QED) is 0.427. The lowest BCUT2D eigenvalue weighted by molar-refractivity contribution is 0.181. The minimum Gasteiger partial charge on any atom is -0.393 e. The van der Waals surface area contributed by atoms with E-state index in [0.717, 1.165) is 19.4 Å². The second kappa shape index (κ2) is 6.53. The van der Waals surface area contributed by atoms with Crippen LogP contribution in [0.4, 0.5) is 0 Å². The van der Waals surface area contributed by atoms with Crippen LogP contribution in [0.2, 0.25) is 0 Å². The van der Waals surface area contributed by atoms with E-state index in [1.807, 2.05) is 6.07 Å². The van der Waals surface area contributed by atoms with Gasteiger partial charge in [0.1, 0.15) is 0 Å². The summed E-state index contributed by atoms with van der Waals surface area (Å²) < 4.78 is 0. The molecule has 0 radical (unpaired) electrons. The van der Waals surface area contributed by atoms with Crippen LogP contribution in [0.3, 0.4) is 0 Å².